The topological polar surface area (TPSA) is 88.2 Å². The highest BCUT2D eigenvalue weighted by Gasteiger charge is 2.09. The van der Waals surface area contributed by atoms with E-state index in [1.807, 2.05) is 0 Å². The molecule has 6 nitrogen and oxygen atoms in total. The molecule has 0 radical (unpaired) electrons. The van der Waals surface area contributed by atoms with Crippen LogP contribution in [0.15, 0.2) is 16.0 Å². The fourth-order valence-electron chi connectivity index (χ4n) is 1.40. The fourth-order valence-corrected chi connectivity index (χ4v) is 2.15. The first-order valence-electron chi connectivity index (χ1n) is 5.94. The number of hydrogen-bond donors (Lipinski definition) is 2. The van der Waals surface area contributed by atoms with E-state index in [4.69, 9.17) is 9.63 Å². The molecule has 0 atom stereocenters. The van der Waals surface area contributed by atoms with Crippen LogP contribution in [-0.2, 0) is 6.54 Å². The summed E-state index contributed by atoms with van der Waals surface area (Å²) in [7, 11) is 0. The standard InChI is InChI=1S/C13H13N3O3S/c1-9-15-12(19-16-9)7-14-13(18)10-6-11(20-8-10)4-2-3-5-17/h6,8,17H,3,5,7H2,1H3,(H,14,18). The van der Waals surface area contributed by atoms with E-state index in [0.29, 0.717) is 23.7 Å². The van der Waals surface area contributed by atoms with Crippen LogP contribution in [0.4, 0.5) is 0 Å². The molecule has 0 spiro atoms. The van der Waals surface area contributed by atoms with Crippen molar-refractivity contribution >= 4 is 17.2 Å². The maximum atomic E-state index is 11.9. The molecule has 0 aromatic carbocycles. The van der Waals surface area contributed by atoms with Crippen LogP contribution in [0, 0.1) is 18.8 Å². The van der Waals surface area contributed by atoms with Gasteiger partial charge in [0.15, 0.2) is 5.82 Å². The highest BCUT2D eigenvalue weighted by atomic mass is 32.1. The average Bonchev–Trinajstić information content (AvgIpc) is 3.06. The Labute approximate surface area is 119 Å². The van der Waals surface area contributed by atoms with Crippen molar-refractivity contribution in [3.05, 3.63) is 33.6 Å². The number of carbonyl (C=O) groups is 1. The summed E-state index contributed by atoms with van der Waals surface area (Å²) in [6.07, 6.45) is 0.427. The van der Waals surface area contributed by atoms with Crippen LogP contribution >= 0.6 is 11.3 Å². The number of nitrogens with one attached hydrogen (secondary N) is 1. The lowest BCUT2D eigenvalue weighted by molar-refractivity contribution is 0.0946. The maximum absolute atomic E-state index is 11.9. The van der Waals surface area contributed by atoms with Gasteiger partial charge in [-0.2, -0.15) is 4.98 Å². The number of aromatic nitrogens is 2. The minimum absolute atomic E-state index is 0.0370. The Morgan fingerprint density at radius 3 is 3.15 bits per heavy atom. The van der Waals surface area contributed by atoms with Crippen LogP contribution in [-0.4, -0.2) is 27.8 Å². The lowest BCUT2D eigenvalue weighted by Crippen LogP contribution is -2.22. The number of aryl methyl sites for hydroxylation is 1. The monoisotopic (exact) mass is 291 g/mol. The molecule has 0 saturated heterocycles. The third-order valence-corrected chi connectivity index (χ3v) is 3.13. The number of rotatable bonds is 4. The highest BCUT2D eigenvalue weighted by molar-refractivity contribution is 7.10. The molecule has 2 aromatic rings. The number of thiophene rings is 1. The Hall–Kier alpha value is -2.17. The third kappa shape index (κ3) is 3.91. The second-order valence-electron chi connectivity index (χ2n) is 3.89. The minimum atomic E-state index is -0.215. The molecule has 0 bridgehead atoms. The molecule has 104 valence electrons. The number of carbonyl (C=O) groups excluding carboxylic acids is 1. The van der Waals surface area contributed by atoms with Crippen molar-refractivity contribution in [2.45, 2.75) is 19.9 Å². The van der Waals surface area contributed by atoms with E-state index < -0.39 is 0 Å². The molecule has 2 rings (SSSR count). The lowest BCUT2D eigenvalue weighted by Gasteiger charge is -1.98. The van der Waals surface area contributed by atoms with Crippen LogP contribution in [0.1, 0.15) is 33.4 Å². The van der Waals surface area contributed by atoms with Crippen LogP contribution in [0.2, 0.25) is 0 Å². The van der Waals surface area contributed by atoms with Crippen LogP contribution in [0.3, 0.4) is 0 Å². The normalized spacial score (nSPS) is 9.90. The molecule has 0 fully saturated rings. The molecular weight excluding hydrogens is 278 g/mol. The molecule has 0 aliphatic heterocycles. The van der Waals surface area contributed by atoms with Crippen molar-refractivity contribution in [1.82, 2.24) is 15.5 Å². The Bertz CT molecular complexity index is 651. The average molecular weight is 291 g/mol. The van der Waals surface area contributed by atoms with Crippen molar-refractivity contribution in [3.8, 4) is 11.8 Å². The van der Waals surface area contributed by atoms with E-state index in [9.17, 15) is 4.79 Å². The summed E-state index contributed by atoms with van der Waals surface area (Å²) in [5.74, 6) is 6.38. The zero-order valence-electron chi connectivity index (χ0n) is 10.8. The molecule has 2 aromatic heterocycles. The number of amides is 1. The van der Waals surface area contributed by atoms with Gasteiger partial charge < -0.3 is 14.9 Å². The number of nitrogens with zero attached hydrogens (tertiary/aromatic N) is 2. The van der Waals surface area contributed by atoms with Gasteiger partial charge in [0, 0.05) is 11.8 Å². The van der Waals surface area contributed by atoms with Crippen molar-refractivity contribution < 1.29 is 14.4 Å². The maximum Gasteiger partial charge on any atom is 0.252 e. The third-order valence-electron chi connectivity index (χ3n) is 2.28. The molecule has 2 heterocycles. The van der Waals surface area contributed by atoms with E-state index in [0.717, 1.165) is 4.88 Å². The minimum Gasteiger partial charge on any atom is -0.395 e. The second-order valence-corrected chi connectivity index (χ2v) is 4.80. The van der Waals surface area contributed by atoms with Crippen LogP contribution < -0.4 is 5.32 Å². The number of aliphatic hydroxyl groups excluding tert-OH is 1. The Morgan fingerprint density at radius 1 is 1.60 bits per heavy atom. The van der Waals surface area contributed by atoms with Gasteiger partial charge in [-0.25, -0.2) is 0 Å². The SMILES string of the molecule is Cc1noc(CNC(=O)c2csc(C#CCCO)c2)n1. The smallest absolute Gasteiger partial charge is 0.252 e. The zero-order chi connectivity index (χ0) is 14.4. The molecule has 0 saturated carbocycles. The van der Waals surface area contributed by atoms with Crippen molar-refractivity contribution in [2.75, 3.05) is 6.61 Å². The first-order chi connectivity index (χ1) is 9.69. The predicted octanol–water partition coefficient (Wildman–Crippen LogP) is 1.10. The first-order valence-corrected chi connectivity index (χ1v) is 6.82. The first kappa shape index (κ1) is 14.2. The van der Waals surface area contributed by atoms with Crippen molar-refractivity contribution in [1.29, 1.82) is 0 Å². The number of hydrogen-bond acceptors (Lipinski definition) is 6. The fraction of sp³-hybridized carbons (Fsp3) is 0.308. The Morgan fingerprint density at radius 2 is 2.45 bits per heavy atom. The summed E-state index contributed by atoms with van der Waals surface area (Å²) in [6, 6.07) is 1.71. The lowest BCUT2D eigenvalue weighted by atomic mass is 10.3. The van der Waals surface area contributed by atoms with Crippen LogP contribution in [0.25, 0.3) is 0 Å². The Kier molecular flexibility index (Phi) is 4.87. The van der Waals surface area contributed by atoms with E-state index in [1.54, 1.807) is 18.4 Å². The van der Waals surface area contributed by atoms with Gasteiger partial charge in [-0.15, -0.1) is 11.3 Å². The molecule has 7 heteroatoms. The van der Waals surface area contributed by atoms with Gasteiger partial charge in [0.25, 0.3) is 5.91 Å². The summed E-state index contributed by atoms with van der Waals surface area (Å²) < 4.78 is 4.90. The van der Waals surface area contributed by atoms with Gasteiger partial charge >= 0.3 is 0 Å². The molecule has 0 aliphatic rings. The molecule has 0 aliphatic carbocycles. The van der Waals surface area contributed by atoms with Crippen molar-refractivity contribution in [3.63, 3.8) is 0 Å². The largest absolute Gasteiger partial charge is 0.395 e. The van der Waals surface area contributed by atoms with Gasteiger partial charge in [-0.3, -0.25) is 4.79 Å². The summed E-state index contributed by atoms with van der Waals surface area (Å²) in [6.45, 7) is 1.95. The molecular formula is C13H13N3O3S. The van der Waals surface area contributed by atoms with E-state index >= 15 is 0 Å². The highest BCUT2D eigenvalue weighted by Crippen LogP contribution is 2.13. The summed E-state index contributed by atoms with van der Waals surface area (Å²) in [5.41, 5.74) is 0.541. The molecule has 1 amide bonds. The van der Waals surface area contributed by atoms with Gasteiger partial charge in [-0.1, -0.05) is 17.0 Å². The molecule has 20 heavy (non-hydrogen) atoms. The second kappa shape index (κ2) is 6.84. The Balaban J connectivity index is 1.91. The number of aliphatic hydroxyl groups is 1. The summed E-state index contributed by atoms with van der Waals surface area (Å²) in [4.78, 5) is 16.7. The molecule has 2 N–H and O–H groups in total. The molecule has 0 unspecified atom stereocenters. The quantitative estimate of drug-likeness (QED) is 0.824. The van der Waals surface area contributed by atoms with Crippen molar-refractivity contribution in [2.24, 2.45) is 0 Å². The van der Waals surface area contributed by atoms with E-state index in [2.05, 4.69) is 27.3 Å². The van der Waals surface area contributed by atoms with Gasteiger partial charge in [0.2, 0.25) is 5.89 Å². The van der Waals surface area contributed by atoms with E-state index in [1.165, 1.54) is 11.3 Å². The zero-order valence-corrected chi connectivity index (χ0v) is 11.7. The summed E-state index contributed by atoms with van der Waals surface area (Å²) in [5, 5.41) is 16.7. The predicted molar refractivity (Wildman–Crippen MR) is 73.1 cm³/mol. The van der Waals surface area contributed by atoms with Gasteiger partial charge in [0.05, 0.1) is 23.6 Å². The van der Waals surface area contributed by atoms with Gasteiger partial charge in [0.1, 0.15) is 0 Å². The summed E-state index contributed by atoms with van der Waals surface area (Å²) >= 11 is 1.39. The van der Waals surface area contributed by atoms with E-state index in [-0.39, 0.29) is 19.1 Å². The van der Waals surface area contributed by atoms with Crippen LogP contribution in [0.5, 0.6) is 0 Å². The van der Waals surface area contributed by atoms with Gasteiger partial charge in [-0.05, 0) is 13.0 Å².